The summed E-state index contributed by atoms with van der Waals surface area (Å²) in [5.74, 6) is -0.232. The highest BCUT2D eigenvalue weighted by atomic mass is 79.9. The van der Waals surface area contributed by atoms with Crippen molar-refractivity contribution in [2.45, 2.75) is 32.1 Å². The van der Waals surface area contributed by atoms with Gasteiger partial charge in [-0.1, -0.05) is 15.9 Å². The van der Waals surface area contributed by atoms with E-state index in [1.807, 2.05) is 13.0 Å². The van der Waals surface area contributed by atoms with Gasteiger partial charge in [0.2, 0.25) is 0 Å². The molecule has 0 amide bonds. The topological polar surface area (TPSA) is 42.1 Å². The van der Waals surface area contributed by atoms with E-state index in [9.17, 15) is 4.79 Å². The quantitative estimate of drug-likeness (QED) is 0.852. The van der Waals surface area contributed by atoms with Gasteiger partial charge in [0.05, 0.1) is 12.5 Å². The predicted octanol–water partition coefficient (Wildman–Crippen LogP) is 3.91. The van der Waals surface area contributed by atoms with Crippen molar-refractivity contribution in [2.24, 2.45) is 0 Å². The van der Waals surface area contributed by atoms with Crippen molar-refractivity contribution < 1.29 is 9.53 Å². The van der Waals surface area contributed by atoms with Crippen molar-refractivity contribution in [2.75, 3.05) is 6.61 Å². The van der Waals surface area contributed by atoms with Gasteiger partial charge in [-0.3, -0.25) is 4.79 Å². The molecule has 1 aromatic heterocycles. The number of esters is 1. The van der Waals surface area contributed by atoms with Crippen LogP contribution < -0.4 is 0 Å². The summed E-state index contributed by atoms with van der Waals surface area (Å²) in [6.07, 6.45) is 2.94. The molecule has 1 atom stereocenters. The summed E-state index contributed by atoms with van der Waals surface area (Å²) in [5.41, 5.74) is 3.43. The van der Waals surface area contributed by atoms with Gasteiger partial charge in [-0.25, -0.2) is 0 Å². The monoisotopic (exact) mass is 321 g/mol. The number of hydrogen-bond acceptors (Lipinski definition) is 2. The Morgan fingerprint density at radius 1 is 1.53 bits per heavy atom. The molecule has 2 aromatic rings. The van der Waals surface area contributed by atoms with Crippen molar-refractivity contribution >= 4 is 32.8 Å². The summed E-state index contributed by atoms with van der Waals surface area (Å²) in [7, 11) is 0. The molecule has 1 unspecified atom stereocenters. The number of nitrogens with one attached hydrogen (secondary N) is 1. The van der Waals surface area contributed by atoms with E-state index < -0.39 is 0 Å². The lowest BCUT2D eigenvalue weighted by atomic mass is 9.87. The zero-order valence-electron chi connectivity index (χ0n) is 10.8. The molecule has 3 rings (SSSR count). The number of carbonyl (C=O) groups is 1. The summed E-state index contributed by atoms with van der Waals surface area (Å²) in [6, 6.07) is 6.20. The first-order valence-electron chi connectivity index (χ1n) is 6.67. The van der Waals surface area contributed by atoms with Crippen molar-refractivity contribution in [1.29, 1.82) is 0 Å². The van der Waals surface area contributed by atoms with Crippen LogP contribution in [0.4, 0.5) is 0 Å². The van der Waals surface area contributed by atoms with Crippen LogP contribution in [0.1, 0.15) is 36.9 Å². The standard InChI is InChI=1S/C15H16BrNO2/c1-2-19-15(18)11-5-3-4-10-12-8-9(16)6-7-13(12)17-14(10)11/h6-8,11,17H,2-5H2,1H3. The second kappa shape index (κ2) is 5.00. The molecule has 4 heteroatoms. The average Bonchev–Trinajstić information content (AvgIpc) is 2.77. The fraction of sp³-hybridized carbons (Fsp3) is 0.400. The Hall–Kier alpha value is -1.29. The molecule has 0 aliphatic heterocycles. The van der Waals surface area contributed by atoms with E-state index in [2.05, 4.69) is 33.0 Å². The largest absolute Gasteiger partial charge is 0.465 e. The number of aromatic amines is 1. The van der Waals surface area contributed by atoms with Crippen LogP contribution >= 0.6 is 15.9 Å². The summed E-state index contributed by atoms with van der Waals surface area (Å²) in [4.78, 5) is 15.5. The molecular weight excluding hydrogens is 306 g/mol. The lowest BCUT2D eigenvalue weighted by molar-refractivity contribution is -0.145. The smallest absolute Gasteiger partial charge is 0.314 e. The van der Waals surface area contributed by atoms with E-state index in [1.165, 1.54) is 10.9 Å². The van der Waals surface area contributed by atoms with Crippen LogP contribution in [0.25, 0.3) is 10.9 Å². The second-order valence-electron chi connectivity index (χ2n) is 4.90. The molecule has 1 heterocycles. The van der Waals surface area contributed by atoms with Crippen molar-refractivity contribution in [3.05, 3.63) is 33.9 Å². The van der Waals surface area contributed by atoms with E-state index >= 15 is 0 Å². The maximum Gasteiger partial charge on any atom is 0.314 e. The Labute approximate surface area is 120 Å². The Morgan fingerprint density at radius 2 is 2.37 bits per heavy atom. The van der Waals surface area contributed by atoms with E-state index in [-0.39, 0.29) is 11.9 Å². The highest BCUT2D eigenvalue weighted by Gasteiger charge is 2.30. The van der Waals surface area contributed by atoms with Crippen LogP contribution in [0.2, 0.25) is 0 Å². The summed E-state index contributed by atoms with van der Waals surface area (Å²) >= 11 is 3.51. The Kier molecular flexibility index (Phi) is 3.35. The van der Waals surface area contributed by atoms with Crippen LogP contribution in [0, 0.1) is 0 Å². The first kappa shape index (κ1) is 12.7. The molecule has 1 N–H and O–H groups in total. The van der Waals surface area contributed by atoms with Crippen LogP contribution in [-0.4, -0.2) is 17.6 Å². The summed E-state index contributed by atoms with van der Waals surface area (Å²) in [6.45, 7) is 2.29. The number of H-pyrrole nitrogens is 1. The summed E-state index contributed by atoms with van der Waals surface area (Å²) in [5, 5.41) is 1.22. The molecular formula is C15H16BrNO2. The minimum atomic E-state index is -0.130. The van der Waals surface area contributed by atoms with Gasteiger partial charge in [-0.05, 0) is 49.9 Å². The number of benzene rings is 1. The number of halogens is 1. The number of hydrogen-bond donors (Lipinski definition) is 1. The molecule has 0 fully saturated rings. The highest BCUT2D eigenvalue weighted by Crippen LogP contribution is 2.37. The number of fused-ring (bicyclic) bond motifs is 3. The Balaban J connectivity index is 2.09. The van der Waals surface area contributed by atoms with Gasteiger partial charge >= 0.3 is 5.97 Å². The van der Waals surface area contributed by atoms with Gasteiger partial charge in [0.1, 0.15) is 0 Å². The molecule has 19 heavy (non-hydrogen) atoms. The maximum absolute atomic E-state index is 12.1. The molecule has 0 radical (unpaired) electrons. The van der Waals surface area contributed by atoms with Crippen LogP contribution in [0.5, 0.6) is 0 Å². The predicted molar refractivity (Wildman–Crippen MR) is 78.3 cm³/mol. The number of aromatic nitrogens is 1. The van der Waals surface area contributed by atoms with E-state index in [0.29, 0.717) is 6.61 Å². The lowest BCUT2D eigenvalue weighted by Gasteiger charge is -2.20. The lowest BCUT2D eigenvalue weighted by Crippen LogP contribution is -2.20. The second-order valence-corrected chi connectivity index (χ2v) is 5.82. The maximum atomic E-state index is 12.1. The third kappa shape index (κ3) is 2.18. The van der Waals surface area contributed by atoms with Gasteiger partial charge in [0, 0.05) is 21.1 Å². The van der Waals surface area contributed by atoms with E-state index in [4.69, 9.17) is 4.74 Å². The van der Waals surface area contributed by atoms with Gasteiger partial charge in [0.25, 0.3) is 0 Å². The SMILES string of the molecule is CCOC(=O)C1CCCc2c1[nH]c1ccc(Br)cc21. The van der Waals surface area contributed by atoms with E-state index in [1.54, 1.807) is 0 Å². The molecule has 0 saturated carbocycles. The van der Waals surface area contributed by atoms with E-state index in [0.717, 1.165) is 34.9 Å². The van der Waals surface area contributed by atoms with Crippen LogP contribution in [-0.2, 0) is 16.0 Å². The molecule has 1 aliphatic rings. The van der Waals surface area contributed by atoms with Gasteiger partial charge in [0.15, 0.2) is 0 Å². The van der Waals surface area contributed by atoms with Crippen molar-refractivity contribution in [3.63, 3.8) is 0 Å². The number of rotatable bonds is 2. The first-order chi connectivity index (χ1) is 9.20. The third-order valence-electron chi connectivity index (χ3n) is 3.74. The molecule has 100 valence electrons. The van der Waals surface area contributed by atoms with Crippen molar-refractivity contribution in [3.8, 4) is 0 Å². The molecule has 0 spiro atoms. The number of aryl methyl sites for hydroxylation is 1. The zero-order chi connectivity index (χ0) is 13.4. The molecule has 0 saturated heterocycles. The van der Waals surface area contributed by atoms with Gasteiger partial charge in [-0.15, -0.1) is 0 Å². The van der Waals surface area contributed by atoms with Crippen LogP contribution in [0.3, 0.4) is 0 Å². The Morgan fingerprint density at radius 3 is 3.16 bits per heavy atom. The summed E-state index contributed by atoms with van der Waals surface area (Å²) < 4.78 is 6.26. The normalized spacial score (nSPS) is 18.3. The average molecular weight is 322 g/mol. The highest BCUT2D eigenvalue weighted by molar-refractivity contribution is 9.10. The minimum absolute atomic E-state index is 0.103. The van der Waals surface area contributed by atoms with Gasteiger partial charge < -0.3 is 9.72 Å². The van der Waals surface area contributed by atoms with Crippen molar-refractivity contribution in [1.82, 2.24) is 4.98 Å². The molecule has 3 nitrogen and oxygen atoms in total. The first-order valence-corrected chi connectivity index (χ1v) is 7.46. The minimum Gasteiger partial charge on any atom is -0.465 e. The number of carbonyl (C=O) groups excluding carboxylic acids is 1. The fourth-order valence-electron chi connectivity index (χ4n) is 2.91. The Bertz CT molecular complexity index is 632. The molecule has 0 bridgehead atoms. The molecule has 1 aliphatic carbocycles. The number of ether oxygens (including phenoxy) is 1. The zero-order valence-corrected chi connectivity index (χ0v) is 12.4. The van der Waals surface area contributed by atoms with Gasteiger partial charge in [-0.2, -0.15) is 0 Å². The third-order valence-corrected chi connectivity index (χ3v) is 4.23. The van der Waals surface area contributed by atoms with Crippen LogP contribution in [0.15, 0.2) is 22.7 Å². The fourth-order valence-corrected chi connectivity index (χ4v) is 3.27. The molecule has 1 aromatic carbocycles.